The summed E-state index contributed by atoms with van der Waals surface area (Å²) in [5.41, 5.74) is 3.71. The molecule has 6 rings (SSSR count). The van der Waals surface area contributed by atoms with Crippen molar-refractivity contribution in [1.82, 2.24) is 25.2 Å². The quantitative estimate of drug-likeness (QED) is 0.501. The maximum absolute atomic E-state index is 12.3. The zero-order valence-electron chi connectivity index (χ0n) is 21.9. The third-order valence-electron chi connectivity index (χ3n) is 7.80. The SMILES string of the molecule is Cc1nc(N[C@@H]2CC[C@H](NC(=O)OC[C@@H]3CCCN3C)C2)nc2ccc(-c3ccnc4c3OCCO4)cc12. The van der Waals surface area contributed by atoms with E-state index in [4.69, 9.17) is 24.2 Å². The number of aromatic nitrogens is 3. The van der Waals surface area contributed by atoms with E-state index in [0.29, 0.717) is 43.4 Å². The highest BCUT2D eigenvalue weighted by Crippen LogP contribution is 2.39. The van der Waals surface area contributed by atoms with Gasteiger partial charge in [0.05, 0.1) is 11.2 Å². The van der Waals surface area contributed by atoms with Crippen LogP contribution in [-0.2, 0) is 4.74 Å². The van der Waals surface area contributed by atoms with Gasteiger partial charge in [0.1, 0.15) is 19.8 Å². The monoisotopic (exact) mass is 518 g/mol. The highest BCUT2D eigenvalue weighted by Gasteiger charge is 2.28. The van der Waals surface area contributed by atoms with E-state index in [-0.39, 0.29) is 18.2 Å². The first-order chi connectivity index (χ1) is 18.5. The van der Waals surface area contributed by atoms with E-state index in [9.17, 15) is 4.79 Å². The minimum absolute atomic E-state index is 0.0860. The number of nitrogens with zero attached hydrogens (tertiary/aromatic N) is 4. The second-order valence-corrected chi connectivity index (χ2v) is 10.4. The zero-order chi connectivity index (χ0) is 26.1. The van der Waals surface area contributed by atoms with Gasteiger partial charge >= 0.3 is 6.09 Å². The summed E-state index contributed by atoms with van der Waals surface area (Å²) < 4.78 is 17.0. The lowest BCUT2D eigenvalue weighted by Crippen LogP contribution is -2.37. The van der Waals surface area contributed by atoms with Gasteiger partial charge in [0.2, 0.25) is 5.95 Å². The van der Waals surface area contributed by atoms with Crippen molar-refractivity contribution in [2.75, 3.05) is 38.7 Å². The van der Waals surface area contributed by atoms with Crippen molar-refractivity contribution in [1.29, 1.82) is 0 Å². The van der Waals surface area contributed by atoms with Gasteiger partial charge in [0.15, 0.2) is 5.75 Å². The Labute approximate surface area is 222 Å². The van der Waals surface area contributed by atoms with Crippen molar-refractivity contribution < 1.29 is 19.0 Å². The van der Waals surface area contributed by atoms with Gasteiger partial charge in [-0.25, -0.2) is 19.7 Å². The van der Waals surface area contributed by atoms with Gasteiger partial charge in [-0.3, -0.25) is 0 Å². The second kappa shape index (κ2) is 10.6. The number of likely N-dealkylation sites (N-methyl/N-ethyl adjacent to an activating group) is 1. The van der Waals surface area contributed by atoms with Gasteiger partial charge < -0.3 is 29.7 Å². The maximum Gasteiger partial charge on any atom is 0.407 e. The van der Waals surface area contributed by atoms with Crippen molar-refractivity contribution in [3.05, 3.63) is 36.2 Å². The van der Waals surface area contributed by atoms with Crippen molar-refractivity contribution in [2.24, 2.45) is 0 Å². The summed E-state index contributed by atoms with van der Waals surface area (Å²) in [6.45, 7) is 4.53. The number of nitrogens with one attached hydrogen (secondary N) is 2. The lowest BCUT2D eigenvalue weighted by molar-refractivity contribution is 0.112. The number of rotatable bonds is 6. The number of hydrogen-bond donors (Lipinski definition) is 2. The number of ether oxygens (including phenoxy) is 3. The molecule has 10 nitrogen and oxygen atoms in total. The smallest absolute Gasteiger partial charge is 0.407 e. The average molecular weight is 519 g/mol. The molecule has 3 aliphatic rings. The van der Waals surface area contributed by atoms with Crippen molar-refractivity contribution in [3.8, 4) is 22.8 Å². The molecule has 10 heteroatoms. The van der Waals surface area contributed by atoms with Crippen LogP contribution in [0.15, 0.2) is 30.5 Å². The Hall–Kier alpha value is -3.66. The Balaban J connectivity index is 1.09. The Kier molecular flexibility index (Phi) is 6.88. The fourth-order valence-corrected chi connectivity index (χ4v) is 5.69. The van der Waals surface area contributed by atoms with Crippen LogP contribution >= 0.6 is 0 Å². The van der Waals surface area contributed by atoms with Crippen molar-refractivity contribution in [2.45, 2.75) is 57.2 Å². The fraction of sp³-hybridized carbons (Fsp3) is 0.500. The average Bonchev–Trinajstić information content (AvgIpc) is 3.55. The third-order valence-corrected chi connectivity index (χ3v) is 7.80. The van der Waals surface area contributed by atoms with Crippen LogP contribution in [0.3, 0.4) is 0 Å². The van der Waals surface area contributed by atoms with Gasteiger partial charge in [-0.15, -0.1) is 0 Å². The Morgan fingerprint density at radius 1 is 1.13 bits per heavy atom. The summed E-state index contributed by atoms with van der Waals surface area (Å²) in [6.07, 6.45) is 6.31. The van der Waals surface area contributed by atoms with Gasteiger partial charge in [-0.2, -0.15) is 0 Å². The number of amides is 1. The number of fused-ring (bicyclic) bond motifs is 2. The number of carbonyl (C=O) groups is 1. The lowest BCUT2D eigenvalue weighted by atomic mass is 10.0. The Morgan fingerprint density at radius 3 is 2.87 bits per heavy atom. The van der Waals surface area contributed by atoms with Crippen LogP contribution in [0.25, 0.3) is 22.0 Å². The molecule has 2 fully saturated rings. The second-order valence-electron chi connectivity index (χ2n) is 10.4. The standard InChI is InChI=1S/C28H34N6O4/c1-17-23-14-18(22-9-10-29-26-25(22)36-12-13-37-26)5-8-24(23)33-27(30-17)31-19-6-7-20(15-19)32-28(35)38-16-21-4-3-11-34(21)2/h5,8-10,14,19-21H,3-4,6-7,11-13,15-16H2,1-2H3,(H,32,35)(H,30,31,33)/t19-,20+,21+/m1/s1. The van der Waals surface area contributed by atoms with Crippen LogP contribution in [0.5, 0.6) is 11.6 Å². The molecule has 0 radical (unpaired) electrons. The minimum Gasteiger partial charge on any atom is -0.484 e. The molecule has 2 N–H and O–H groups in total. The molecule has 1 saturated carbocycles. The number of aryl methyl sites for hydroxylation is 1. The molecular formula is C28H34N6O4. The normalized spacial score (nSPS) is 22.9. The predicted octanol–water partition coefficient (Wildman–Crippen LogP) is 3.92. The zero-order valence-corrected chi connectivity index (χ0v) is 21.9. The van der Waals surface area contributed by atoms with E-state index in [1.807, 2.05) is 25.1 Å². The first-order valence-corrected chi connectivity index (χ1v) is 13.5. The maximum atomic E-state index is 12.3. The van der Waals surface area contributed by atoms with Crippen molar-refractivity contribution in [3.63, 3.8) is 0 Å². The summed E-state index contributed by atoms with van der Waals surface area (Å²) >= 11 is 0. The number of likely N-dealkylation sites (tertiary alicyclic amines) is 1. The minimum atomic E-state index is -0.322. The van der Waals surface area contributed by atoms with E-state index in [1.165, 1.54) is 0 Å². The van der Waals surface area contributed by atoms with E-state index in [0.717, 1.165) is 66.4 Å². The molecule has 200 valence electrons. The van der Waals surface area contributed by atoms with Crippen molar-refractivity contribution >= 4 is 22.9 Å². The van der Waals surface area contributed by atoms with Crippen LogP contribution in [0, 0.1) is 6.92 Å². The Bertz CT molecular complexity index is 1330. The molecular weight excluding hydrogens is 484 g/mol. The largest absolute Gasteiger partial charge is 0.484 e. The number of alkyl carbamates (subject to hydrolysis) is 1. The molecule has 0 bridgehead atoms. The number of anilines is 1. The molecule has 1 saturated heterocycles. The van der Waals surface area contributed by atoms with Gasteiger partial charge in [0.25, 0.3) is 5.88 Å². The summed E-state index contributed by atoms with van der Waals surface area (Å²) in [4.78, 5) is 28.4. The fourth-order valence-electron chi connectivity index (χ4n) is 5.69. The number of hydrogen-bond acceptors (Lipinski definition) is 9. The predicted molar refractivity (Wildman–Crippen MR) is 144 cm³/mol. The Morgan fingerprint density at radius 2 is 2.00 bits per heavy atom. The first-order valence-electron chi connectivity index (χ1n) is 13.5. The summed E-state index contributed by atoms with van der Waals surface area (Å²) in [5, 5.41) is 7.50. The van der Waals surface area contributed by atoms with Crippen LogP contribution in [0.4, 0.5) is 10.7 Å². The molecule has 3 atom stereocenters. The van der Waals surface area contributed by atoms with E-state index < -0.39 is 0 Å². The summed E-state index contributed by atoms with van der Waals surface area (Å²) in [5.74, 6) is 1.81. The lowest BCUT2D eigenvalue weighted by Gasteiger charge is -2.20. The summed E-state index contributed by atoms with van der Waals surface area (Å²) in [6, 6.07) is 8.69. The number of pyridine rings is 1. The van der Waals surface area contributed by atoms with E-state index in [2.05, 4.69) is 33.6 Å². The molecule has 4 heterocycles. The molecule has 38 heavy (non-hydrogen) atoms. The van der Waals surface area contributed by atoms with Crippen LogP contribution in [0.1, 0.15) is 37.8 Å². The van der Waals surface area contributed by atoms with Crippen LogP contribution in [-0.4, -0.2) is 77.5 Å². The third kappa shape index (κ3) is 5.18. The first kappa shape index (κ1) is 24.7. The molecule has 1 aromatic carbocycles. The molecule has 0 unspecified atom stereocenters. The summed E-state index contributed by atoms with van der Waals surface area (Å²) in [7, 11) is 2.08. The molecule has 3 aromatic rings. The highest BCUT2D eigenvalue weighted by molar-refractivity contribution is 5.88. The van der Waals surface area contributed by atoms with Gasteiger partial charge in [-0.1, -0.05) is 6.07 Å². The molecule has 1 amide bonds. The molecule has 2 aromatic heterocycles. The molecule has 2 aliphatic heterocycles. The van der Waals surface area contributed by atoms with Crippen LogP contribution < -0.4 is 20.1 Å². The van der Waals surface area contributed by atoms with Gasteiger partial charge in [0, 0.05) is 35.3 Å². The molecule has 1 aliphatic carbocycles. The number of benzene rings is 1. The van der Waals surface area contributed by atoms with Crippen LogP contribution in [0.2, 0.25) is 0 Å². The highest BCUT2D eigenvalue weighted by atomic mass is 16.6. The van der Waals surface area contributed by atoms with E-state index >= 15 is 0 Å². The van der Waals surface area contributed by atoms with E-state index in [1.54, 1.807) is 6.20 Å². The molecule has 0 spiro atoms. The topological polar surface area (TPSA) is 111 Å². The van der Waals surface area contributed by atoms with Gasteiger partial charge in [-0.05, 0) is 76.4 Å². The number of carbonyl (C=O) groups excluding carboxylic acids is 1.